The van der Waals surface area contributed by atoms with E-state index < -0.39 is 11.0 Å². The van der Waals surface area contributed by atoms with E-state index in [1.54, 1.807) is 24.3 Å². The highest BCUT2D eigenvalue weighted by Crippen LogP contribution is 2.39. The van der Waals surface area contributed by atoms with Crippen LogP contribution in [-0.4, -0.2) is 27.9 Å². The molecule has 2 aromatic carbocycles. The van der Waals surface area contributed by atoms with Crippen LogP contribution < -0.4 is 10.6 Å². The van der Waals surface area contributed by atoms with Crippen molar-refractivity contribution in [2.45, 2.75) is 39.1 Å². The number of thioether (sulfide) groups is 2. The zero-order valence-electron chi connectivity index (χ0n) is 15.6. The number of carbonyl (C=O) groups is 1. The number of rotatable bonds is 9. The van der Waals surface area contributed by atoms with Crippen LogP contribution in [0.5, 0.6) is 0 Å². The first kappa shape index (κ1) is 21.1. The topological polar surface area (TPSA) is 66.9 Å². The first-order valence-electron chi connectivity index (χ1n) is 9.24. The van der Waals surface area contributed by atoms with Gasteiger partial charge in [-0.25, -0.2) is 0 Å². The van der Waals surface area contributed by atoms with Gasteiger partial charge in [-0.15, -0.1) is 10.2 Å². The lowest BCUT2D eigenvalue weighted by atomic mass is 10.1. The van der Waals surface area contributed by atoms with E-state index in [-0.39, 0.29) is 11.9 Å². The monoisotopic (exact) mass is 464 g/mol. The second-order valence-electron chi connectivity index (χ2n) is 6.59. The second-order valence-corrected chi connectivity index (χ2v) is 9.99. The number of hydrogen-bond acceptors (Lipinski definition) is 7. The number of hydrogen-bond donors (Lipinski definition) is 2. The Balaban J connectivity index is 1.43. The maximum Gasteiger partial charge on any atom is 0.288 e. The molecule has 4 rings (SSSR count). The van der Waals surface area contributed by atoms with Crippen molar-refractivity contribution in [3.05, 3.63) is 60.2 Å². The summed E-state index contributed by atoms with van der Waals surface area (Å²) in [6.07, 6.45) is 2.05. The van der Waals surface area contributed by atoms with Gasteiger partial charge in [0.2, 0.25) is 11.0 Å². The fourth-order valence-corrected chi connectivity index (χ4v) is 5.13. The Morgan fingerprint density at radius 1 is 1.03 bits per heavy atom. The van der Waals surface area contributed by atoms with Crippen molar-refractivity contribution in [3.63, 3.8) is 0 Å². The summed E-state index contributed by atoms with van der Waals surface area (Å²) < 4.78 is 25.5. The van der Waals surface area contributed by atoms with Gasteiger partial charge in [0.15, 0.2) is 4.34 Å². The molecule has 1 atom stereocenters. The molecule has 1 fully saturated rings. The van der Waals surface area contributed by atoms with Gasteiger partial charge in [-0.05, 0) is 42.7 Å². The molecule has 156 valence electrons. The Morgan fingerprint density at radius 3 is 2.43 bits per heavy atom. The summed E-state index contributed by atoms with van der Waals surface area (Å²) in [5.74, 6) is -2.47. The Bertz CT molecular complexity index is 981. The van der Waals surface area contributed by atoms with Crippen LogP contribution in [0.25, 0.3) is 0 Å². The van der Waals surface area contributed by atoms with Crippen LogP contribution in [0.3, 0.4) is 0 Å². The van der Waals surface area contributed by atoms with Crippen molar-refractivity contribution < 1.29 is 13.6 Å². The molecule has 1 aromatic heterocycles. The summed E-state index contributed by atoms with van der Waals surface area (Å²) in [5, 5.41) is 14.7. The molecule has 10 heteroatoms. The molecule has 0 saturated heterocycles. The van der Waals surface area contributed by atoms with Crippen molar-refractivity contribution in [3.8, 4) is 0 Å². The predicted octanol–water partition coefficient (Wildman–Crippen LogP) is 5.71. The molecule has 5 nitrogen and oxygen atoms in total. The number of aromatic nitrogens is 2. The number of nitrogens with zero attached hydrogens (tertiary/aromatic N) is 2. The molecule has 1 amide bonds. The van der Waals surface area contributed by atoms with Crippen LogP contribution in [0.15, 0.2) is 63.8 Å². The number of carbonyl (C=O) groups excluding carboxylic acids is 1. The van der Waals surface area contributed by atoms with E-state index in [0.717, 1.165) is 24.1 Å². The Morgan fingerprint density at radius 2 is 1.77 bits per heavy atom. The van der Waals surface area contributed by atoms with E-state index in [2.05, 4.69) is 20.8 Å². The molecule has 2 N–H and O–H groups in total. The second kappa shape index (κ2) is 9.76. The molecular formula is C20H18F2N4OS3. The third-order valence-corrected chi connectivity index (χ3v) is 7.12. The van der Waals surface area contributed by atoms with Gasteiger partial charge in [0, 0.05) is 16.6 Å². The highest BCUT2D eigenvalue weighted by Gasteiger charge is 2.29. The summed E-state index contributed by atoms with van der Waals surface area (Å²) >= 11 is 3.21. The molecule has 1 aliphatic rings. The maximum atomic E-state index is 12.8. The Kier molecular flexibility index (Phi) is 6.86. The minimum atomic E-state index is -2.44. The van der Waals surface area contributed by atoms with Crippen molar-refractivity contribution in [1.29, 1.82) is 0 Å². The van der Waals surface area contributed by atoms with Crippen LogP contribution in [0.2, 0.25) is 0 Å². The lowest BCUT2D eigenvalue weighted by Crippen LogP contribution is -2.29. The molecule has 3 aromatic rings. The molecule has 1 unspecified atom stereocenters. The van der Waals surface area contributed by atoms with Gasteiger partial charge in [-0.3, -0.25) is 4.79 Å². The van der Waals surface area contributed by atoms with Gasteiger partial charge in [0.25, 0.3) is 5.76 Å². The number of benzene rings is 2. The highest BCUT2D eigenvalue weighted by atomic mass is 32.2. The average molecular weight is 465 g/mol. The number of alkyl halides is 2. The van der Waals surface area contributed by atoms with Crippen molar-refractivity contribution in [2.75, 3.05) is 5.32 Å². The number of amides is 1. The Labute approximate surface area is 185 Å². The minimum absolute atomic E-state index is 0.0227. The smallest absolute Gasteiger partial charge is 0.288 e. The fraction of sp³-hybridized carbons (Fsp3) is 0.250. The quantitative estimate of drug-likeness (QED) is 0.396. The summed E-state index contributed by atoms with van der Waals surface area (Å²) in [7, 11) is 0. The predicted molar refractivity (Wildman–Crippen MR) is 118 cm³/mol. The molecule has 0 radical (unpaired) electrons. The molecular weight excluding hydrogens is 446 g/mol. The summed E-state index contributed by atoms with van der Waals surface area (Å²) in [6, 6.07) is 16.6. The maximum absolute atomic E-state index is 12.8. The molecule has 1 aliphatic carbocycles. The third-order valence-electron chi connectivity index (χ3n) is 4.22. The fourth-order valence-electron chi connectivity index (χ4n) is 2.66. The zero-order chi connectivity index (χ0) is 20.9. The number of nitrogens with one attached hydrogen (secondary N) is 2. The Hall–Kier alpha value is -2.17. The average Bonchev–Trinajstić information content (AvgIpc) is 3.44. The SMILES string of the molecule is O=C(NC1CC1)C(Sc1nnc(Nc2ccc(SC(F)F)cc2)s1)c1ccccc1. The molecule has 1 heterocycles. The normalized spacial score (nSPS) is 14.5. The van der Waals surface area contributed by atoms with Crippen LogP contribution in [0.4, 0.5) is 19.6 Å². The summed E-state index contributed by atoms with van der Waals surface area (Å²) in [4.78, 5) is 13.3. The standard InChI is InChI=1S/C20H18F2N4OS3/c21-18(22)28-15-10-8-14(9-11-15)24-19-25-26-20(30-19)29-16(12-4-2-1-3-5-12)17(27)23-13-6-7-13/h1-5,8-11,13,16,18H,6-7H2,(H,23,27)(H,24,25). The van der Waals surface area contributed by atoms with E-state index in [0.29, 0.717) is 26.1 Å². The molecule has 30 heavy (non-hydrogen) atoms. The first-order chi connectivity index (χ1) is 14.6. The largest absolute Gasteiger partial charge is 0.352 e. The van der Waals surface area contributed by atoms with Crippen molar-refractivity contribution in [2.24, 2.45) is 0 Å². The van der Waals surface area contributed by atoms with Crippen LogP contribution in [-0.2, 0) is 4.79 Å². The lowest BCUT2D eigenvalue weighted by Gasteiger charge is -2.15. The van der Waals surface area contributed by atoms with Crippen LogP contribution in [0, 0.1) is 0 Å². The number of anilines is 2. The molecule has 0 aliphatic heterocycles. The van der Waals surface area contributed by atoms with E-state index in [1.807, 2.05) is 30.3 Å². The summed E-state index contributed by atoms with van der Waals surface area (Å²) in [6.45, 7) is 0. The van der Waals surface area contributed by atoms with Crippen molar-refractivity contribution in [1.82, 2.24) is 15.5 Å². The number of halogens is 2. The van der Waals surface area contributed by atoms with Gasteiger partial charge in [-0.1, -0.05) is 65.2 Å². The highest BCUT2D eigenvalue weighted by molar-refractivity contribution is 8.02. The van der Waals surface area contributed by atoms with Crippen LogP contribution in [0.1, 0.15) is 23.7 Å². The van der Waals surface area contributed by atoms with Gasteiger partial charge in [0.05, 0.1) is 0 Å². The molecule has 1 saturated carbocycles. The zero-order valence-corrected chi connectivity index (χ0v) is 18.1. The van der Waals surface area contributed by atoms with Gasteiger partial charge in [-0.2, -0.15) is 8.78 Å². The van der Waals surface area contributed by atoms with Crippen LogP contribution >= 0.6 is 34.9 Å². The molecule has 0 bridgehead atoms. The molecule has 0 spiro atoms. The third kappa shape index (κ3) is 5.93. The lowest BCUT2D eigenvalue weighted by molar-refractivity contribution is -0.120. The first-order valence-corrected chi connectivity index (χ1v) is 11.8. The van der Waals surface area contributed by atoms with E-state index in [9.17, 15) is 13.6 Å². The summed E-state index contributed by atoms with van der Waals surface area (Å²) in [5.41, 5.74) is 1.64. The van der Waals surface area contributed by atoms with Crippen molar-refractivity contribution >= 4 is 51.6 Å². The van der Waals surface area contributed by atoms with Gasteiger partial charge in [0.1, 0.15) is 5.25 Å². The van der Waals surface area contributed by atoms with Gasteiger partial charge >= 0.3 is 0 Å². The van der Waals surface area contributed by atoms with E-state index >= 15 is 0 Å². The van der Waals surface area contributed by atoms with Gasteiger partial charge < -0.3 is 10.6 Å². The minimum Gasteiger partial charge on any atom is -0.352 e. The van der Waals surface area contributed by atoms with E-state index in [4.69, 9.17) is 0 Å². The van der Waals surface area contributed by atoms with E-state index in [1.165, 1.54) is 23.1 Å².